The summed E-state index contributed by atoms with van der Waals surface area (Å²) in [6.07, 6.45) is 0. The van der Waals surface area contributed by atoms with Gasteiger partial charge in [0, 0.05) is 35.0 Å². The second-order valence-corrected chi connectivity index (χ2v) is 9.74. The minimum absolute atomic E-state index is 0.00470. The molecule has 0 saturated carbocycles. The van der Waals surface area contributed by atoms with Gasteiger partial charge in [0.05, 0.1) is 15.6 Å². The smallest absolute Gasteiger partial charge is 0.269 e. The van der Waals surface area contributed by atoms with Crippen molar-refractivity contribution in [3.8, 4) is 0 Å². The van der Waals surface area contributed by atoms with E-state index in [2.05, 4.69) is 20.0 Å². The molecule has 0 saturated heterocycles. The lowest BCUT2D eigenvalue weighted by molar-refractivity contribution is -0.384. The summed E-state index contributed by atoms with van der Waals surface area (Å²) < 4.78 is 27.5. The van der Waals surface area contributed by atoms with Crippen molar-refractivity contribution < 1.29 is 18.1 Å². The number of amides is 1. The second-order valence-electron chi connectivity index (χ2n) is 7.07. The van der Waals surface area contributed by atoms with Crippen molar-refractivity contribution in [2.45, 2.75) is 24.5 Å². The van der Waals surface area contributed by atoms with Crippen LogP contribution in [-0.4, -0.2) is 35.0 Å². The molecule has 0 radical (unpaired) electrons. The fourth-order valence-corrected chi connectivity index (χ4v) is 4.57. The van der Waals surface area contributed by atoms with E-state index in [0.717, 1.165) is 5.56 Å². The Hall–Kier alpha value is -3.51. The molecule has 0 fully saturated rings. The lowest BCUT2D eigenvalue weighted by Gasteiger charge is -2.09. The van der Waals surface area contributed by atoms with Gasteiger partial charge in [0.1, 0.15) is 0 Å². The van der Waals surface area contributed by atoms with Crippen molar-refractivity contribution in [3.63, 3.8) is 0 Å². The number of hydrogen-bond acceptors (Lipinski definition) is 8. The standard InChI is InChI=1S/C21H21N5O5S2/c1-14-11-15(2)23-21(22-14)25-33(30,31)19-9-5-17(6-10-19)24-20(27)13-32-12-16-3-7-18(8-4-16)26(28)29/h3-11H,12-13H2,1-2H3,(H,24,27)(H,22,23,25). The van der Waals surface area contributed by atoms with Gasteiger partial charge >= 0.3 is 0 Å². The van der Waals surface area contributed by atoms with Gasteiger partial charge in [-0.05, 0) is 49.7 Å². The molecule has 0 aliphatic rings. The van der Waals surface area contributed by atoms with Crippen LogP contribution in [0, 0.1) is 24.0 Å². The highest BCUT2D eigenvalue weighted by molar-refractivity contribution is 7.99. The van der Waals surface area contributed by atoms with Gasteiger partial charge in [0.15, 0.2) is 0 Å². The number of nitrogens with zero attached hydrogens (tertiary/aromatic N) is 3. The van der Waals surface area contributed by atoms with Crippen LogP contribution in [0.3, 0.4) is 0 Å². The highest BCUT2D eigenvalue weighted by Crippen LogP contribution is 2.19. The summed E-state index contributed by atoms with van der Waals surface area (Å²) in [7, 11) is -3.88. The van der Waals surface area contributed by atoms with Gasteiger partial charge < -0.3 is 5.32 Å². The number of carbonyl (C=O) groups is 1. The van der Waals surface area contributed by atoms with Crippen LogP contribution in [0.2, 0.25) is 0 Å². The number of carbonyl (C=O) groups excluding carboxylic acids is 1. The topological polar surface area (TPSA) is 144 Å². The average Bonchev–Trinajstić information content (AvgIpc) is 2.73. The molecule has 3 aromatic rings. The van der Waals surface area contributed by atoms with Crippen LogP contribution in [0.15, 0.2) is 59.5 Å². The largest absolute Gasteiger partial charge is 0.325 e. The molecule has 1 aromatic heterocycles. The Balaban J connectivity index is 1.52. The molecule has 0 spiro atoms. The van der Waals surface area contributed by atoms with Crippen molar-refractivity contribution in [2.24, 2.45) is 0 Å². The van der Waals surface area contributed by atoms with Gasteiger partial charge in [0.2, 0.25) is 11.9 Å². The zero-order chi connectivity index (χ0) is 24.0. The van der Waals surface area contributed by atoms with E-state index in [1.165, 1.54) is 48.2 Å². The molecule has 0 atom stereocenters. The van der Waals surface area contributed by atoms with E-state index in [0.29, 0.717) is 22.8 Å². The number of nitro groups is 1. The number of rotatable bonds is 9. The zero-order valence-corrected chi connectivity index (χ0v) is 19.4. The van der Waals surface area contributed by atoms with Crippen LogP contribution < -0.4 is 10.0 Å². The molecule has 1 amide bonds. The molecule has 0 aliphatic carbocycles. The highest BCUT2D eigenvalue weighted by atomic mass is 32.2. The first-order valence-corrected chi connectivity index (χ1v) is 12.3. The van der Waals surface area contributed by atoms with Gasteiger partial charge in [-0.1, -0.05) is 12.1 Å². The third-order valence-corrected chi connectivity index (χ3v) is 6.65. The fourth-order valence-electron chi connectivity index (χ4n) is 2.84. The first-order valence-electron chi connectivity index (χ1n) is 9.68. The zero-order valence-electron chi connectivity index (χ0n) is 17.8. The van der Waals surface area contributed by atoms with E-state index >= 15 is 0 Å². The summed E-state index contributed by atoms with van der Waals surface area (Å²) in [4.78, 5) is 30.5. The van der Waals surface area contributed by atoms with E-state index in [1.54, 1.807) is 32.0 Å². The number of thioether (sulfide) groups is 1. The van der Waals surface area contributed by atoms with Gasteiger partial charge in [-0.3, -0.25) is 14.9 Å². The second kappa shape index (κ2) is 10.4. The Morgan fingerprint density at radius 3 is 2.21 bits per heavy atom. The molecule has 33 heavy (non-hydrogen) atoms. The number of nitrogens with one attached hydrogen (secondary N) is 2. The molecule has 10 nitrogen and oxygen atoms in total. The third kappa shape index (κ3) is 6.99. The Morgan fingerprint density at radius 1 is 1.03 bits per heavy atom. The molecule has 2 N–H and O–H groups in total. The Bertz CT molecular complexity index is 1240. The minimum atomic E-state index is -3.88. The molecular weight excluding hydrogens is 466 g/mol. The van der Waals surface area contributed by atoms with Crippen LogP contribution in [0.1, 0.15) is 17.0 Å². The van der Waals surface area contributed by atoms with Crippen LogP contribution >= 0.6 is 11.8 Å². The van der Waals surface area contributed by atoms with Crippen molar-refractivity contribution in [1.82, 2.24) is 9.97 Å². The first-order chi connectivity index (χ1) is 15.6. The molecular formula is C21H21N5O5S2. The van der Waals surface area contributed by atoms with E-state index in [-0.39, 0.29) is 28.2 Å². The summed E-state index contributed by atoms with van der Waals surface area (Å²) in [6, 6.07) is 13.6. The maximum Gasteiger partial charge on any atom is 0.269 e. The predicted molar refractivity (Wildman–Crippen MR) is 127 cm³/mol. The third-order valence-electron chi connectivity index (χ3n) is 4.31. The monoisotopic (exact) mass is 487 g/mol. The summed E-state index contributed by atoms with van der Waals surface area (Å²) in [5.74, 6) is 0.437. The number of anilines is 2. The molecule has 0 aliphatic heterocycles. The van der Waals surface area contributed by atoms with E-state index in [9.17, 15) is 23.3 Å². The Labute approximate surface area is 195 Å². The van der Waals surface area contributed by atoms with Crippen molar-refractivity contribution in [1.29, 1.82) is 0 Å². The quantitative estimate of drug-likeness (QED) is 0.344. The molecule has 2 aromatic carbocycles. The molecule has 0 unspecified atom stereocenters. The lowest BCUT2D eigenvalue weighted by atomic mass is 10.2. The summed E-state index contributed by atoms with van der Waals surface area (Å²) >= 11 is 1.36. The van der Waals surface area contributed by atoms with Crippen LogP contribution in [0.4, 0.5) is 17.3 Å². The predicted octanol–water partition coefficient (Wildman–Crippen LogP) is 3.67. The van der Waals surface area contributed by atoms with Gasteiger partial charge in [-0.15, -0.1) is 11.8 Å². The number of hydrogen-bond donors (Lipinski definition) is 2. The summed E-state index contributed by atoms with van der Waals surface area (Å²) in [5.41, 5.74) is 2.63. The van der Waals surface area contributed by atoms with Crippen LogP contribution in [0.25, 0.3) is 0 Å². The SMILES string of the molecule is Cc1cc(C)nc(NS(=O)(=O)c2ccc(NC(=O)CSCc3ccc([N+](=O)[O-])cc3)cc2)n1. The van der Waals surface area contributed by atoms with Crippen molar-refractivity contribution >= 4 is 45.0 Å². The number of non-ortho nitro benzene ring substituents is 1. The van der Waals surface area contributed by atoms with Crippen molar-refractivity contribution in [2.75, 3.05) is 15.8 Å². The van der Waals surface area contributed by atoms with E-state index in [4.69, 9.17) is 0 Å². The molecule has 12 heteroatoms. The molecule has 172 valence electrons. The molecule has 3 rings (SSSR count). The van der Waals surface area contributed by atoms with Crippen molar-refractivity contribution in [3.05, 3.63) is 81.7 Å². The number of nitro benzene ring substituents is 1. The van der Waals surface area contributed by atoms with Crippen LogP contribution in [0.5, 0.6) is 0 Å². The normalized spacial score (nSPS) is 11.1. The van der Waals surface area contributed by atoms with Gasteiger partial charge in [0.25, 0.3) is 15.7 Å². The number of aryl methyl sites for hydroxylation is 2. The average molecular weight is 488 g/mol. The number of aromatic nitrogens is 2. The minimum Gasteiger partial charge on any atom is -0.325 e. The van der Waals surface area contributed by atoms with Gasteiger partial charge in [-0.2, -0.15) is 0 Å². The van der Waals surface area contributed by atoms with Crippen LogP contribution in [-0.2, 0) is 20.6 Å². The maximum atomic E-state index is 12.6. The van der Waals surface area contributed by atoms with Gasteiger partial charge in [-0.25, -0.2) is 23.1 Å². The number of benzene rings is 2. The summed E-state index contributed by atoms with van der Waals surface area (Å²) in [6.45, 7) is 3.49. The Kier molecular flexibility index (Phi) is 7.61. The lowest BCUT2D eigenvalue weighted by Crippen LogP contribution is -2.16. The molecule has 1 heterocycles. The number of sulfonamides is 1. The van der Waals surface area contributed by atoms with E-state index < -0.39 is 14.9 Å². The summed E-state index contributed by atoms with van der Waals surface area (Å²) in [5, 5.41) is 13.4. The van der Waals surface area contributed by atoms with E-state index in [1.807, 2.05) is 0 Å². The Morgan fingerprint density at radius 2 is 1.64 bits per heavy atom. The maximum absolute atomic E-state index is 12.6. The highest BCUT2D eigenvalue weighted by Gasteiger charge is 2.16. The fraction of sp³-hybridized carbons (Fsp3) is 0.190. The first kappa shape index (κ1) is 24.1. The molecule has 0 bridgehead atoms.